The zero-order valence-corrected chi connectivity index (χ0v) is 11.7. The van der Waals surface area contributed by atoms with Gasteiger partial charge in [-0.2, -0.15) is 0 Å². The van der Waals surface area contributed by atoms with Crippen molar-refractivity contribution in [1.82, 2.24) is 4.98 Å². The number of hydrogen-bond acceptors (Lipinski definition) is 2. The number of carbonyl (C=O) groups excluding carboxylic acids is 1. The van der Waals surface area contributed by atoms with E-state index in [9.17, 15) is 9.18 Å². The number of rotatable bonds is 2. The zero-order valence-electron chi connectivity index (χ0n) is 10.1. The Hall–Kier alpha value is -1.95. The first kappa shape index (κ1) is 13.5. The largest absolute Gasteiger partial charge is 0.324 e. The van der Waals surface area contributed by atoms with Gasteiger partial charge in [0.1, 0.15) is 11.6 Å². The Morgan fingerprint density at radius 3 is 2.79 bits per heavy atom. The Kier molecular flexibility index (Phi) is 4.11. The highest BCUT2D eigenvalue weighted by atomic mass is 79.9. The maximum Gasteiger partial charge on any atom is 0.324 e. The third-order valence-electron chi connectivity index (χ3n) is 2.37. The summed E-state index contributed by atoms with van der Waals surface area (Å²) in [5.74, 6) is 0.0185. The van der Waals surface area contributed by atoms with Gasteiger partial charge in [-0.15, -0.1) is 0 Å². The van der Waals surface area contributed by atoms with Gasteiger partial charge in [-0.05, 0) is 52.7 Å². The number of nitrogens with zero attached hydrogens (tertiary/aromatic N) is 1. The lowest BCUT2D eigenvalue weighted by molar-refractivity contribution is 0.262. The SMILES string of the molecule is Cc1cc(NC(=O)Nc2cccc(F)c2)ncc1Br. The molecule has 98 valence electrons. The maximum atomic E-state index is 13.0. The predicted molar refractivity (Wildman–Crippen MR) is 75.7 cm³/mol. The van der Waals surface area contributed by atoms with Crippen molar-refractivity contribution in [2.24, 2.45) is 0 Å². The average molecular weight is 324 g/mol. The molecular formula is C13H11BrFN3O. The number of carbonyl (C=O) groups is 1. The van der Waals surface area contributed by atoms with Crippen LogP contribution in [0.25, 0.3) is 0 Å². The number of hydrogen-bond donors (Lipinski definition) is 2. The number of halogens is 2. The first-order valence-electron chi connectivity index (χ1n) is 5.50. The number of aromatic nitrogens is 1. The molecule has 0 unspecified atom stereocenters. The Bertz CT molecular complexity index is 619. The van der Waals surface area contributed by atoms with E-state index in [0.29, 0.717) is 11.5 Å². The standard InChI is InChI=1S/C13H11BrFN3O/c1-8-5-12(16-7-11(8)14)18-13(19)17-10-4-2-3-9(15)6-10/h2-7H,1H3,(H2,16,17,18,19). The monoisotopic (exact) mass is 323 g/mol. The molecule has 2 rings (SSSR count). The molecule has 0 saturated heterocycles. The van der Waals surface area contributed by atoms with Crippen LogP contribution < -0.4 is 10.6 Å². The van der Waals surface area contributed by atoms with E-state index < -0.39 is 11.8 Å². The van der Waals surface area contributed by atoms with Gasteiger partial charge in [0.15, 0.2) is 0 Å². The molecule has 0 saturated carbocycles. The lowest BCUT2D eigenvalue weighted by atomic mass is 10.3. The third-order valence-corrected chi connectivity index (χ3v) is 3.20. The fourth-order valence-corrected chi connectivity index (χ4v) is 1.67. The second-order valence-electron chi connectivity index (χ2n) is 3.91. The van der Waals surface area contributed by atoms with Crippen molar-refractivity contribution < 1.29 is 9.18 Å². The molecule has 0 radical (unpaired) electrons. The molecule has 19 heavy (non-hydrogen) atoms. The van der Waals surface area contributed by atoms with Crippen LogP contribution in [-0.2, 0) is 0 Å². The second kappa shape index (κ2) is 5.79. The summed E-state index contributed by atoms with van der Waals surface area (Å²) in [5.41, 5.74) is 1.34. The van der Waals surface area contributed by atoms with E-state index in [1.807, 2.05) is 6.92 Å². The van der Waals surface area contributed by atoms with Gasteiger partial charge in [0, 0.05) is 16.4 Å². The molecule has 0 aliphatic carbocycles. The van der Waals surface area contributed by atoms with Crippen molar-refractivity contribution in [1.29, 1.82) is 0 Å². The lowest BCUT2D eigenvalue weighted by Gasteiger charge is -2.08. The highest BCUT2D eigenvalue weighted by Crippen LogP contribution is 2.17. The first-order chi connectivity index (χ1) is 9.04. The van der Waals surface area contributed by atoms with Gasteiger partial charge in [-0.1, -0.05) is 6.07 Å². The molecule has 1 heterocycles. The van der Waals surface area contributed by atoms with Crippen molar-refractivity contribution >= 4 is 33.5 Å². The molecule has 2 aromatic rings. The van der Waals surface area contributed by atoms with Gasteiger partial charge in [0.25, 0.3) is 0 Å². The molecule has 1 aromatic heterocycles. The van der Waals surface area contributed by atoms with Crippen molar-refractivity contribution in [3.63, 3.8) is 0 Å². The molecule has 1 aromatic carbocycles. The smallest absolute Gasteiger partial charge is 0.308 e. The van der Waals surface area contributed by atoms with Gasteiger partial charge in [-0.3, -0.25) is 5.32 Å². The summed E-state index contributed by atoms with van der Waals surface area (Å²) in [4.78, 5) is 15.7. The summed E-state index contributed by atoms with van der Waals surface area (Å²) in [6.07, 6.45) is 1.60. The van der Waals surface area contributed by atoms with Crippen LogP contribution in [0.2, 0.25) is 0 Å². The van der Waals surface area contributed by atoms with Crippen molar-refractivity contribution in [3.05, 3.63) is 52.4 Å². The molecule has 6 heteroatoms. The molecule has 2 N–H and O–H groups in total. The van der Waals surface area contributed by atoms with Crippen molar-refractivity contribution in [2.45, 2.75) is 6.92 Å². The molecule has 0 aliphatic rings. The van der Waals surface area contributed by atoms with Crippen LogP contribution in [0.1, 0.15) is 5.56 Å². The van der Waals surface area contributed by atoms with Gasteiger partial charge in [0.2, 0.25) is 0 Å². The van der Waals surface area contributed by atoms with Crippen LogP contribution in [0.15, 0.2) is 41.0 Å². The number of amides is 2. The second-order valence-corrected chi connectivity index (χ2v) is 4.76. The van der Waals surface area contributed by atoms with E-state index in [1.165, 1.54) is 18.2 Å². The number of pyridine rings is 1. The third kappa shape index (κ3) is 3.75. The molecule has 4 nitrogen and oxygen atoms in total. The summed E-state index contributed by atoms with van der Waals surface area (Å²) in [7, 11) is 0. The molecule has 0 spiro atoms. The fraction of sp³-hybridized carbons (Fsp3) is 0.0769. The number of anilines is 2. The van der Waals surface area contributed by atoms with Crippen LogP contribution in [0.4, 0.5) is 20.7 Å². The number of urea groups is 1. The van der Waals surface area contributed by atoms with Crippen molar-refractivity contribution in [3.8, 4) is 0 Å². The maximum absolute atomic E-state index is 13.0. The van der Waals surface area contributed by atoms with Gasteiger partial charge < -0.3 is 5.32 Å². The van der Waals surface area contributed by atoms with Crippen LogP contribution in [-0.4, -0.2) is 11.0 Å². The Morgan fingerprint density at radius 2 is 2.11 bits per heavy atom. The highest BCUT2D eigenvalue weighted by molar-refractivity contribution is 9.10. The Morgan fingerprint density at radius 1 is 1.32 bits per heavy atom. The van der Waals surface area contributed by atoms with Crippen LogP contribution in [0, 0.1) is 12.7 Å². The summed E-state index contributed by atoms with van der Waals surface area (Å²) in [6.45, 7) is 1.89. The van der Waals surface area contributed by atoms with E-state index in [0.717, 1.165) is 10.0 Å². The molecule has 0 bridgehead atoms. The van der Waals surface area contributed by atoms with E-state index in [2.05, 4.69) is 31.5 Å². The van der Waals surface area contributed by atoms with Gasteiger partial charge in [0.05, 0.1) is 0 Å². The topological polar surface area (TPSA) is 54.0 Å². The number of nitrogens with one attached hydrogen (secondary N) is 2. The minimum Gasteiger partial charge on any atom is -0.308 e. The van der Waals surface area contributed by atoms with E-state index in [1.54, 1.807) is 18.3 Å². The fourth-order valence-electron chi connectivity index (χ4n) is 1.45. The predicted octanol–water partition coefficient (Wildman–Crippen LogP) is 3.94. The summed E-state index contributed by atoms with van der Waals surface area (Å²) < 4.78 is 13.8. The van der Waals surface area contributed by atoms with Crippen LogP contribution in [0.3, 0.4) is 0 Å². The van der Waals surface area contributed by atoms with E-state index >= 15 is 0 Å². The normalized spacial score (nSPS) is 10.1. The van der Waals surface area contributed by atoms with E-state index in [4.69, 9.17) is 0 Å². The number of benzene rings is 1. The minimum atomic E-state index is -0.472. The summed E-state index contributed by atoms with van der Waals surface area (Å²) in [5, 5.41) is 5.10. The minimum absolute atomic E-state index is 0.381. The zero-order chi connectivity index (χ0) is 13.8. The summed E-state index contributed by atoms with van der Waals surface area (Å²) >= 11 is 3.32. The quantitative estimate of drug-likeness (QED) is 0.879. The van der Waals surface area contributed by atoms with Crippen LogP contribution >= 0.6 is 15.9 Å². The first-order valence-corrected chi connectivity index (χ1v) is 6.29. The molecule has 0 atom stereocenters. The van der Waals surface area contributed by atoms with Crippen LogP contribution in [0.5, 0.6) is 0 Å². The Balaban J connectivity index is 2.03. The molecular weight excluding hydrogens is 313 g/mol. The van der Waals surface area contributed by atoms with Gasteiger partial charge >= 0.3 is 6.03 Å². The highest BCUT2D eigenvalue weighted by Gasteiger charge is 2.05. The van der Waals surface area contributed by atoms with E-state index in [-0.39, 0.29) is 0 Å². The molecule has 2 amide bonds. The number of aryl methyl sites for hydroxylation is 1. The van der Waals surface area contributed by atoms with Gasteiger partial charge in [-0.25, -0.2) is 14.2 Å². The average Bonchev–Trinajstić information content (AvgIpc) is 2.34. The summed E-state index contributed by atoms with van der Waals surface area (Å²) in [6, 6.07) is 6.92. The molecule has 0 aliphatic heterocycles. The Labute approximate surface area is 118 Å². The lowest BCUT2D eigenvalue weighted by Crippen LogP contribution is -2.20. The van der Waals surface area contributed by atoms with Crippen molar-refractivity contribution in [2.75, 3.05) is 10.6 Å². The molecule has 0 fully saturated rings.